The highest BCUT2D eigenvalue weighted by Crippen LogP contribution is 2.36. The zero-order valence-electron chi connectivity index (χ0n) is 15.2. The van der Waals surface area contributed by atoms with Crippen molar-refractivity contribution in [3.8, 4) is 0 Å². The molecule has 7 heteroatoms. The maximum absolute atomic E-state index is 12.7. The number of anilines is 2. The molecule has 1 atom stereocenters. The molecule has 0 unspecified atom stereocenters. The van der Waals surface area contributed by atoms with Gasteiger partial charge in [-0.15, -0.1) is 11.8 Å². The van der Waals surface area contributed by atoms with Crippen LogP contribution in [0.15, 0.2) is 47.4 Å². The van der Waals surface area contributed by atoms with Crippen LogP contribution in [-0.2, 0) is 4.79 Å². The molecule has 0 bridgehead atoms. The minimum atomic E-state index is -0.341. The Morgan fingerprint density at radius 1 is 1.15 bits per heavy atom. The molecule has 27 heavy (non-hydrogen) atoms. The van der Waals surface area contributed by atoms with Gasteiger partial charge in [0.25, 0.3) is 11.8 Å². The standard InChI is InChI=1S/C20H21N3O3S/c1-3-10-21-20(26)14-6-4-5-7-15(14)22-19(25)13-8-9-17-16(11-13)23-18(24)12(2)27-17/h4-9,11-12H,3,10H2,1-2H3,(H,21,26)(H,22,25)(H,23,24)/t12-/m0/s1. The normalized spacial score (nSPS) is 15.5. The van der Waals surface area contributed by atoms with Gasteiger partial charge in [0.15, 0.2) is 0 Å². The van der Waals surface area contributed by atoms with Gasteiger partial charge in [-0.2, -0.15) is 0 Å². The van der Waals surface area contributed by atoms with Crippen LogP contribution in [0.3, 0.4) is 0 Å². The van der Waals surface area contributed by atoms with E-state index in [-0.39, 0.29) is 23.0 Å². The Hall–Kier alpha value is -2.80. The summed E-state index contributed by atoms with van der Waals surface area (Å²) >= 11 is 1.46. The molecule has 3 rings (SSSR count). The van der Waals surface area contributed by atoms with Crippen LogP contribution in [0.4, 0.5) is 11.4 Å². The summed E-state index contributed by atoms with van der Waals surface area (Å²) in [5.74, 6) is -0.648. The summed E-state index contributed by atoms with van der Waals surface area (Å²) in [5.41, 5.74) is 1.90. The van der Waals surface area contributed by atoms with Crippen molar-refractivity contribution >= 4 is 40.9 Å². The fourth-order valence-corrected chi connectivity index (χ4v) is 3.60. The van der Waals surface area contributed by atoms with E-state index in [4.69, 9.17) is 0 Å². The molecule has 0 aromatic heterocycles. The molecule has 0 saturated heterocycles. The van der Waals surface area contributed by atoms with Crippen LogP contribution in [0, 0.1) is 0 Å². The van der Waals surface area contributed by atoms with E-state index in [0.29, 0.717) is 29.0 Å². The van der Waals surface area contributed by atoms with E-state index < -0.39 is 0 Å². The number of thioether (sulfide) groups is 1. The Balaban J connectivity index is 1.80. The van der Waals surface area contributed by atoms with E-state index in [1.54, 1.807) is 36.4 Å². The van der Waals surface area contributed by atoms with E-state index in [0.717, 1.165) is 11.3 Å². The highest BCUT2D eigenvalue weighted by molar-refractivity contribution is 8.00. The molecule has 3 amide bonds. The number of nitrogens with one attached hydrogen (secondary N) is 3. The number of para-hydroxylation sites is 1. The largest absolute Gasteiger partial charge is 0.352 e. The van der Waals surface area contributed by atoms with Crippen molar-refractivity contribution in [1.82, 2.24) is 5.32 Å². The Labute approximate surface area is 162 Å². The lowest BCUT2D eigenvalue weighted by Crippen LogP contribution is -2.27. The molecule has 6 nitrogen and oxygen atoms in total. The molecule has 0 spiro atoms. The highest BCUT2D eigenvalue weighted by Gasteiger charge is 2.24. The smallest absolute Gasteiger partial charge is 0.255 e. The van der Waals surface area contributed by atoms with Crippen molar-refractivity contribution < 1.29 is 14.4 Å². The first-order chi connectivity index (χ1) is 13.0. The number of rotatable bonds is 5. The number of benzene rings is 2. The average molecular weight is 383 g/mol. The van der Waals surface area contributed by atoms with Crippen LogP contribution in [-0.4, -0.2) is 29.5 Å². The summed E-state index contributed by atoms with van der Waals surface area (Å²) in [6.45, 7) is 4.38. The van der Waals surface area contributed by atoms with Crippen LogP contribution < -0.4 is 16.0 Å². The van der Waals surface area contributed by atoms with Crippen LogP contribution in [0.25, 0.3) is 0 Å². The minimum absolute atomic E-state index is 0.0806. The molecular weight excluding hydrogens is 362 g/mol. The monoisotopic (exact) mass is 383 g/mol. The van der Waals surface area contributed by atoms with E-state index in [1.807, 2.05) is 19.9 Å². The molecule has 2 aromatic carbocycles. The minimum Gasteiger partial charge on any atom is -0.352 e. The fourth-order valence-electron chi connectivity index (χ4n) is 2.67. The van der Waals surface area contributed by atoms with Gasteiger partial charge in [-0.25, -0.2) is 0 Å². The maximum atomic E-state index is 12.7. The van der Waals surface area contributed by atoms with Gasteiger partial charge in [0.1, 0.15) is 0 Å². The molecule has 0 aliphatic carbocycles. The van der Waals surface area contributed by atoms with Crippen LogP contribution in [0.5, 0.6) is 0 Å². The average Bonchev–Trinajstić information content (AvgIpc) is 2.67. The third kappa shape index (κ3) is 4.31. The van der Waals surface area contributed by atoms with Crippen molar-refractivity contribution in [2.24, 2.45) is 0 Å². The van der Waals surface area contributed by atoms with E-state index in [1.165, 1.54) is 11.8 Å². The van der Waals surface area contributed by atoms with E-state index in [9.17, 15) is 14.4 Å². The summed E-state index contributed by atoms with van der Waals surface area (Å²) in [5, 5.41) is 8.26. The second-order valence-electron chi connectivity index (χ2n) is 6.22. The number of hydrogen-bond donors (Lipinski definition) is 3. The lowest BCUT2D eigenvalue weighted by Gasteiger charge is -2.21. The number of fused-ring (bicyclic) bond motifs is 1. The second kappa shape index (κ2) is 8.26. The molecule has 2 aromatic rings. The highest BCUT2D eigenvalue weighted by atomic mass is 32.2. The molecule has 1 aliphatic rings. The van der Waals surface area contributed by atoms with Crippen molar-refractivity contribution in [1.29, 1.82) is 0 Å². The molecule has 1 aliphatic heterocycles. The molecule has 0 radical (unpaired) electrons. The number of hydrogen-bond acceptors (Lipinski definition) is 4. The van der Waals surface area contributed by atoms with Crippen LogP contribution >= 0.6 is 11.8 Å². The van der Waals surface area contributed by atoms with Gasteiger partial charge in [0.2, 0.25) is 5.91 Å². The zero-order valence-corrected chi connectivity index (χ0v) is 16.0. The Bertz CT molecular complexity index is 898. The number of amides is 3. The van der Waals surface area contributed by atoms with Crippen molar-refractivity contribution in [2.45, 2.75) is 30.4 Å². The SMILES string of the molecule is CCCNC(=O)c1ccccc1NC(=O)c1ccc2c(c1)NC(=O)[C@H](C)S2. The second-order valence-corrected chi connectivity index (χ2v) is 7.60. The molecule has 1 heterocycles. The Morgan fingerprint density at radius 2 is 1.93 bits per heavy atom. The van der Waals surface area contributed by atoms with Gasteiger partial charge in [-0.05, 0) is 43.7 Å². The molecule has 0 saturated carbocycles. The number of carbonyl (C=O) groups excluding carboxylic acids is 3. The van der Waals surface area contributed by atoms with Crippen molar-refractivity contribution in [3.63, 3.8) is 0 Å². The van der Waals surface area contributed by atoms with Crippen LogP contribution in [0.2, 0.25) is 0 Å². The quantitative estimate of drug-likeness (QED) is 0.737. The third-order valence-electron chi connectivity index (χ3n) is 4.13. The van der Waals surface area contributed by atoms with Crippen molar-refractivity contribution in [3.05, 3.63) is 53.6 Å². The maximum Gasteiger partial charge on any atom is 0.255 e. The fraction of sp³-hybridized carbons (Fsp3) is 0.250. The lowest BCUT2D eigenvalue weighted by atomic mass is 10.1. The van der Waals surface area contributed by atoms with E-state index >= 15 is 0 Å². The summed E-state index contributed by atoms with van der Waals surface area (Å²) < 4.78 is 0. The first-order valence-corrected chi connectivity index (χ1v) is 9.67. The van der Waals surface area contributed by atoms with Gasteiger partial charge in [0, 0.05) is 17.0 Å². The van der Waals surface area contributed by atoms with Gasteiger partial charge in [-0.1, -0.05) is 19.1 Å². The van der Waals surface area contributed by atoms with Crippen LogP contribution in [0.1, 0.15) is 41.0 Å². The number of carbonyl (C=O) groups is 3. The zero-order chi connectivity index (χ0) is 19.4. The first kappa shape index (κ1) is 19.0. The predicted molar refractivity (Wildman–Crippen MR) is 107 cm³/mol. The van der Waals surface area contributed by atoms with Crippen molar-refractivity contribution in [2.75, 3.05) is 17.2 Å². The summed E-state index contributed by atoms with van der Waals surface area (Å²) in [6.07, 6.45) is 0.831. The Morgan fingerprint density at radius 3 is 2.70 bits per heavy atom. The topological polar surface area (TPSA) is 87.3 Å². The van der Waals surface area contributed by atoms with Gasteiger partial charge < -0.3 is 16.0 Å². The summed E-state index contributed by atoms with van der Waals surface area (Å²) in [6, 6.07) is 12.1. The third-order valence-corrected chi connectivity index (χ3v) is 5.31. The predicted octanol–water partition coefficient (Wildman–Crippen LogP) is 3.51. The molecular formula is C20H21N3O3S. The lowest BCUT2D eigenvalue weighted by molar-refractivity contribution is -0.115. The summed E-state index contributed by atoms with van der Waals surface area (Å²) in [7, 11) is 0. The molecule has 3 N–H and O–H groups in total. The van der Waals surface area contributed by atoms with E-state index in [2.05, 4.69) is 16.0 Å². The molecule has 0 fully saturated rings. The summed E-state index contributed by atoms with van der Waals surface area (Å²) in [4.78, 5) is 37.7. The van der Waals surface area contributed by atoms with Gasteiger partial charge in [0.05, 0.1) is 22.2 Å². The van der Waals surface area contributed by atoms with Gasteiger partial charge in [-0.3, -0.25) is 14.4 Å². The van der Waals surface area contributed by atoms with Gasteiger partial charge >= 0.3 is 0 Å². The Kier molecular flexibility index (Phi) is 5.81. The first-order valence-electron chi connectivity index (χ1n) is 8.79. The molecule has 140 valence electrons.